The summed E-state index contributed by atoms with van der Waals surface area (Å²) in [5, 5.41) is 0. The average Bonchev–Trinajstić information content (AvgIpc) is 2.30. The average molecular weight is 166 g/mol. The molecule has 0 saturated heterocycles. The zero-order chi connectivity index (χ0) is 7.84. The van der Waals surface area contributed by atoms with E-state index in [1.165, 1.54) is 11.5 Å². The Balaban J connectivity index is 3.04. The van der Waals surface area contributed by atoms with Gasteiger partial charge in [0.15, 0.2) is 0 Å². The van der Waals surface area contributed by atoms with Gasteiger partial charge < -0.3 is 0 Å². The predicted molar refractivity (Wildman–Crippen MR) is 44.9 cm³/mol. The van der Waals surface area contributed by atoms with Crippen LogP contribution in [0.5, 0.6) is 0 Å². The van der Waals surface area contributed by atoms with Crippen LogP contribution in [0.25, 0.3) is 10.2 Å². The topological polar surface area (TPSA) is 34.9 Å². The molecule has 0 aromatic carbocycles. The first kappa shape index (κ1) is 6.54. The number of nitrogens with zero attached hydrogens (tertiary/aromatic N) is 2. The molecule has 0 N–H and O–H groups in total. The smallest absolute Gasteiger partial charge is 0.266 e. The fourth-order valence-corrected chi connectivity index (χ4v) is 1.79. The Labute approximate surface area is 67.1 Å². The van der Waals surface area contributed by atoms with Crippen LogP contribution in [0.2, 0.25) is 0 Å². The van der Waals surface area contributed by atoms with Crippen LogP contribution in [0.1, 0.15) is 0 Å². The van der Waals surface area contributed by atoms with Gasteiger partial charge in [0.25, 0.3) is 5.56 Å². The monoisotopic (exact) mass is 166 g/mol. The summed E-state index contributed by atoms with van der Waals surface area (Å²) in [5.41, 5.74) is 0.561. The van der Waals surface area contributed by atoms with E-state index in [4.69, 9.17) is 0 Å². The first-order chi connectivity index (χ1) is 5.29. The van der Waals surface area contributed by atoms with Crippen molar-refractivity contribution < 1.29 is 0 Å². The minimum Gasteiger partial charge on any atom is -0.266 e. The quantitative estimate of drug-likeness (QED) is 0.585. The second-order valence-electron chi connectivity index (χ2n) is 2.24. The lowest BCUT2D eigenvalue weighted by Gasteiger charge is -1.79. The molecule has 0 fully saturated rings. The largest absolute Gasteiger partial charge is 0.286 e. The molecule has 0 unspecified atom stereocenters. The molecule has 2 rings (SSSR count). The molecule has 3 nitrogen and oxygen atoms in total. The molecule has 2 heterocycles. The van der Waals surface area contributed by atoms with Crippen molar-refractivity contribution in [1.29, 1.82) is 0 Å². The van der Waals surface area contributed by atoms with Crippen LogP contribution in [-0.2, 0) is 7.05 Å². The molecule has 0 atom stereocenters. The van der Waals surface area contributed by atoms with Gasteiger partial charge in [-0.05, 0) is 12.1 Å². The standard InChI is InChI=1S/C7H6N2OS/c1-9-7(10)6-5(11-9)3-2-4-8-6/h2-4H,1H3. The zero-order valence-electron chi connectivity index (χ0n) is 5.94. The first-order valence-corrected chi connectivity index (χ1v) is 3.97. The number of rotatable bonds is 0. The highest BCUT2D eigenvalue weighted by Gasteiger charge is 2.02. The first-order valence-electron chi connectivity index (χ1n) is 3.20. The van der Waals surface area contributed by atoms with Crippen LogP contribution in [0, 0.1) is 0 Å². The number of hydrogen-bond acceptors (Lipinski definition) is 3. The summed E-state index contributed by atoms with van der Waals surface area (Å²) in [4.78, 5) is 15.2. The highest BCUT2D eigenvalue weighted by atomic mass is 32.1. The van der Waals surface area contributed by atoms with Crippen molar-refractivity contribution in [1.82, 2.24) is 8.94 Å². The maximum absolute atomic E-state index is 11.2. The van der Waals surface area contributed by atoms with Crippen molar-refractivity contribution in [3.63, 3.8) is 0 Å². The molecule has 2 aromatic heterocycles. The van der Waals surface area contributed by atoms with Gasteiger partial charge in [0.2, 0.25) is 0 Å². The van der Waals surface area contributed by atoms with Crippen LogP contribution >= 0.6 is 11.5 Å². The van der Waals surface area contributed by atoms with Gasteiger partial charge in [-0.15, -0.1) is 0 Å². The Kier molecular flexibility index (Phi) is 1.29. The minimum atomic E-state index is -0.00870. The van der Waals surface area contributed by atoms with Crippen LogP contribution in [0.15, 0.2) is 23.1 Å². The van der Waals surface area contributed by atoms with Crippen LogP contribution in [-0.4, -0.2) is 8.94 Å². The fraction of sp³-hybridized carbons (Fsp3) is 0.143. The number of pyridine rings is 1. The van der Waals surface area contributed by atoms with E-state index < -0.39 is 0 Å². The number of fused-ring (bicyclic) bond motifs is 1. The lowest BCUT2D eigenvalue weighted by molar-refractivity contribution is 0.985. The summed E-state index contributed by atoms with van der Waals surface area (Å²) in [6.45, 7) is 0. The van der Waals surface area contributed by atoms with E-state index in [-0.39, 0.29) is 5.56 Å². The maximum Gasteiger partial charge on any atom is 0.286 e. The van der Waals surface area contributed by atoms with E-state index in [2.05, 4.69) is 4.98 Å². The predicted octanol–water partition coefficient (Wildman–Crippen LogP) is 0.995. The Hall–Kier alpha value is -1.16. The summed E-state index contributed by atoms with van der Waals surface area (Å²) >= 11 is 1.42. The van der Waals surface area contributed by atoms with Crippen LogP contribution < -0.4 is 5.56 Å². The van der Waals surface area contributed by atoms with Gasteiger partial charge in [-0.1, -0.05) is 11.5 Å². The van der Waals surface area contributed by atoms with Crippen molar-refractivity contribution in [3.05, 3.63) is 28.7 Å². The van der Waals surface area contributed by atoms with Crippen molar-refractivity contribution in [2.45, 2.75) is 0 Å². The van der Waals surface area contributed by atoms with Crippen molar-refractivity contribution in [2.75, 3.05) is 0 Å². The molecule has 0 aliphatic rings. The Morgan fingerprint density at radius 1 is 1.64 bits per heavy atom. The molecule has 0 spiro atoms. The van der Waals surface area contributed by atoms with E-state index in [1.807, 2.05) is 12.1 Å². The second kappa shape index (κ2) is 2.17. The molecule has 0 aliphatic carbocycles. The van der Waals surface area contributed by atoms with Gasteiger partial charge in [0.05, 0.1) is 4.70 Å². The Morgan fingerprint density at radius 2 is 2.45 bits per heavy atom. The molecule has 56 valence electrons. The summed E-state index contributed by atoms with van der Waals surface area (Å²) < 4.78 is 2.53. The van der Waals surface area contributed by atoms with Gasteiger partial charge in [-0.2, -0.15) is 0 Å². The van der Waals surface area contributed by atoms with E-state index in [0.717, 1.165) is 4.70 Å². The van der Waals surface area contributed by atoms with Gasteiger partial charge in [0.1, 0.15) is 5.52 Å². The van der Waals surface area contributed by atoms with Gasteiger partial charge >= 0.3 is 0 Å². The minimum absolute atomic E-state index is 0.00870. The Bertz CT molecular complexity index is 443. The molecule has 0 amide bonds. The van der Waals surface area contributed by atoms with E-state index in [9.17, 15) is 4.79 Å². The van der Waals surface area contributed by atoms with Crippen LogP contribution in [0.4, 0.5) is 0 Å². The molecule has 11 heavy (non-hydrogen) atoms. The lowest BCUT2D eigenvalue weighted by atomic mass is 10.4. The summed E-state index contributed by atoms with van der Waals surface area (Å²) in [7, 11) is 1.74. The summed E-state index contributed by atoms with van der Waals surface area (Å²) in [5.74, 6) is 0. The normalized spacial score (nSPS) is 10.6. The fourth-order valence-electron chi connectivity index (χ4n) is 0.963. The molecule has 0 radical (unpaired) electrons. The second-order valence-corrected chi connectivity index (χ2v) is 3.41. The molecule has 4 heteroatoms. The Morgan fingerprint density at radius 3 is 3.18 bits per heavy atom. The van der Waals surface area contributed by atoms with E-state index >= 15 is 0 Å². The third-order valence-corrected chi connectivity index (χ3v) is 2.46. The molecular weight excluding hydrogens is 160 g/mol. The highest BCUT2D eigenvalue weighted by molar-refractivity contribution is 7.13. The van der Waals surface area contributed by atoms with Crippen molar-refractivity contribution in [3.8, 4) is 0 Å². The molecule has 0 aliphatic heterocycles. The third kappa shape index (κ3) is 0.867. The third-order valence-electron chi connectivity index (χ3n) is 1.49. The van der Waals surface area contributed by atoms with E-state index in [1.54, 1.807) is 17.2 Å². The van der Waals surface area contributed by atoms with Crippen molar-refractivity contribution in [2.24, 2.45) is 7.05 Å². The van der Waals surface area contributed by atoms with Crippen LogP contribution in [0.3, 0.4) is 0 Å². The highest BCUT2D eigenvalue weighted by Crippen LogP contribution is 2.11. The van der Waals surface area contributed by atoms with Gasteiger partial charge in [-0.3, -0.25) is 8.75 Å². The zero-order valence-corrected chi connectivity index (χ0v) is 6.76. The van der Waals surface area contributed by atoms with Gasteiger partial charge in [0, 0.05) is 13.2 Å². The number of aromatic nitrogens is 2. The number of hydrogen-bond donors (Lipinski definition) is 0. The summed E-state index contributed by atoms with van der Waals surface area (Å²) in [6.07, 6.45) is 1.64. The van der Waals surface area contributed by atoms with Crippen molar-refractivity contribution >= 4 is 21.7 Å². The molecular formula is C7H6N2OS. The SMILES string of the molecule is Cn1sc2cccnc2c1=O. The maximum atomic E-state index is 11.2. The summed E-state index contributed by atoms with van der Waals surface area (Å²) in [6, 6.07) is 3.73. The molecule has 0 bridgehead atoms. The molecule has 2 aromatic rings. The van der Waals surface area contributed by atoms with E-state index in [0.29, 0.717) is 5.52 Å². The lowest BCUT2D eigenvalue weighted by Crippen LogP contribution is -2.08. The number of aryl methyl sites for hydroxylation is 1. The van der Waals surface area contributed by atoms with Gasteiger partial charge in [-0.25, -0.2) is 4.98 Å². The molecule has 0 saturated carbocycles.